The molecule has 0 fully saturated rings. The molecule has 1 heterocycles. The van der Waals surface area contributed by atoms with E-state index in [2.05, 4.69) is 21.2 Å². The molecule has 0 aromatic heterocycles. The first-order valence-corrected chi connectivity index (χ1v) is 15.4. The fourth-order valence-corrected chi connectivity index (χ4v) is 6.64. The number of hydrogen-bond donors (Lipinski definition) is 1. The number of nitrogens with zero attached hydrogens (tertiary/aromatic N) is 2. The zero-order valence-electron chi connectivity index (χ0n) is 22.4. The highest BCUT2D eigenvalue weighted by Gasteiger charge is 2.41. The number of carbonyl (C=O) groups excluding carboxylic acids is 3. The molecule has 8 nitrogen and oxygen atoms in total. The Bertz CT molecular complexity index is 1500. The Balaban J connectivity index is 1.64. The first kappa shape index (κ1) is 29.5. The second-order valence-electron chi connectivity index (χ2n) is 9.80. The molecule has 1 aliphatic heterocycles. The summed E-state index contributed by atoms with van der Waals surface area (Å²) in [7, 11) is -4.06. The zero-order chi connectivity index (χ0) is 28.9. The van der Waals surface area contributed by atoms with Gasteiger partial charge in [0.15, 0.2) is 0 Å². The third-order valence-corrected chi connectivity index (χ3v) is 9.29. The van der Waals surface area contributed by atoms with Gasteiger partial charge in [-0.2, -0.15) is 0 Å². The van der Waals surface area contributed by atoms with E-state index in [1.165, 1.54) is 17.0 Å². The van der Waals surface area contributed by atoms with E-state index in [1.807, 2.05) is 68.4 Å². The summed E-state index contributed by atoms with van der Waals surface area (Å²) in [5, 5.41) is 3.01. The number of rotatable bonds is 11. The lowest BCUT2D eigenvalue weighted by Crippen LogP contribution is -2.52. The molecule has 1 N–H and O–H groups in total. The van der Waals surface area contributed by atoms with Crippen LogP contribution in [-0.4, -0.2) is 54.0 Å². The van der Waals surface area contributed by atoms with Crippen LogP contribution in [0.1, 0.15) is 48.2 Å². The highest BCUT2D eigenvalue weighted by atomic mass is 79.9. The molecule has 40 heavy (non-hydrogen) atoms. The number of amides is 3. The smallest absolute Gasteiger partial charge is 0.269 e. The topological polar surface area (TPSA) is 104 Å². The molecule has 0 aliphatic carbocycles. The summed E-state index contributed by atoms with van der Waals surface area (Å²) in [5.41, 5.74) is 1.77. The number of benzene rings is 3. The van der Waals surface area contributed by atoms with Crippen molar-refractivity contribution in [2.45, 2.75) is 56.6 Å². The molecule has 0 bridgehead atoms. The van der Waals surface area contributed by atoms with Crippen LogP contribution in [0.5, 0.6) is 0 Å². The lowest BCUT2D eigenvalue weighted by Gasteiger charge is -2.33. The van der Waals surface area contributed by atoms with Gasteiger partial charge < -0.3 is 10.2 Å². The van der Waals surface area contributed by atoms with Crippen LogP contribution in [0.2, 0.25) is 0 Å². The first-order valence-electron chi connectivity index (χ1n) is 13.2. The highest BCUT2D eigenvalue weighted by Crippen LogP contribution is 2.30. The molecule has 3 aromatic carbocycles. The van der Waals surface area contributed by atoms with Crippen molar-refractivity contribution in [3.8, 4) is 0 Å². The Morgan fingerprint density at radius 3 is 2.33 bits per heavy atom. The number of sulfonamides is 1. The minimum absolute atomic E-state index is 0.0617. The van der Waals surface area contributed by atoms with Crippen molar-refractivity contribution in [1.29, 1.82) is 0 Å². The third-order valence-electron chi connectivity index (χ3n) is 6.95. The number of carbonyl (C=O) groups is 3. The average molecular weight is 627 g/mol. The van der Waals surface area contributed by atoms with Gasteiger partial charge in [0, 0.05) is 36.4 Å². The quantitative estimate of drug-likeness (QED) is 0.337. The maximum absolute atomic E-state index is 13.9. The Kier molecular flexibility index (Phi) is 9.42. The third kappa shape index (κ3) is 6.62. The minimum Gasteiger partial charge on any atom is -0.352 e. The van der Waals surface area contributed by atoms with E-state index in [0.717, 1.165) is 26.3 Å². The van der Waals surface area contributed by atoms with Crippen LogP contribution in [0, 0.1) is 0 Å². The van der Waals surface area contributed by atoms with Crippen LogP contribution in [0.3, 0.4) is 0 Å². The van der Waals surface area contributed by atoms with E-state index >= 15 is 0 Å². The summed E-state index contributed by atoms with van der Waals surface area (Å²) in [4.78, 5) is 41.8. The Labute approximate surface area is 243 Å². The standard InChI is InChI=1S/C30H32BrN3O5S/c1-3-21(2)32-29(36)26(19-22-10-5-4-6-11-22)33(20-23-12-9-13-24(31)18-23)28(35)16-17-34-30(37)25-14-7-8-15-27(25)40(34,38)39/h4-15,18,21,26H,3,16-17,19-20H2,1-2H3,(H,32,36)/t21-,26-/m0/s1. The van der Waals surface area contributed by atoms with Crippen LogP contribution in [0.4, 0.5) is 0 Å². The van der Waals surface area contributed by atoms with E-state index in [4.69, 9.17) is 0 Å². The molecule has 0 saturated heterocycles. The molecule has 210 valence electrons. The molecule has 10 heteroatoms. The average Bonchev–Trinajstić information content (AvgIpc) is 3.14. The van der Waals surface area contributed by atoms with Crippen LogP contribution >= 0.6 is 15.9 Å². The van der Waals surface area contributed by atoms with Gasteiger partial charge in [0.25, 0.3) is 15.9 Å². The molecule has 1 aliphatic rings. The van der Waals surface area contributed by atoms with E-state index < -0.39 is 27.9 Å². The predicted molar refractivity (Wildman–Crippen MR) is 156 cm³/mol. The largest absolute Gasteiger partial charge is 0.352 e. The van der Waals surface area contributed by atoms with E-state index in [1.54, 1.807) is 12.1 Å². The van der Waals surface area contributed by atoms with E-state index in [-0.39, 0.29) is 48.3 Å². The van der Waals surface area contributed by atoms with Gasteiger partial charge in [-0.1, -0.05) is 77.5 Å². The van der Waals surface area contributed by atoms with Crippen molar-refractivity contribution in [3.63, 3.8) is 0 Å². The molecule has 0 unspecified atom stereocenters. The number of fused-ring (bicyclic) bond motifs is 1. The van der Waals surface area contributed by atoms with Gasteiger partial charge in [-0.05, 0) is 48.7 Å². The Morgan fingerprint density at radius 1 is 0.975 bits per heavy atom. The van der Waals surface area contributed by atoms with E-state index in [0.29, 0.717) is 0 Å². The summed E-state index contributed by atoms with van der Waals surface area (Å²) in [5.74, 6) is -1.38. The lowest BCUT2D eigenvalue weighted by atomic mass is 10.0. The van der Waals surface area contributed by atoms with Crippen molar-refractivity contribution >= 4 is 43.7 Å². The lowest BCUT2D eigenvalue weighted by molar-refractivity contribution is -0.141. The Hall–Kier alpha value is -3.50. The van der Waals surface area contributed by atoms with Crippen LogP contribution in [-0.2, 0) is 32.6 Å². The van der Waals surface area contributed by atoms with Crippen molar-refractivity contribution in [3.05, 3.63) is 100 Å². The number of nitrogens with one attached hydrogen (secondary N) is 1. The molecule has 0 saturated carbocycles. The first-order chi connectivity index (χ1) is 19.1. The fraction of sp³-hybridized carbons (Fsp3) is 0.300. The fourth-order valence-electron chi connectivity index (χ4n) is 4.62. The molecular formula is C30H32BrN3O5S. The van der Waals surface area contributed by atoms with Crippen LogP contribution in [0.25, 0.3) is 0 Å². The van der Waals surface area contributed by atoms with Crippen molar-refractivity contribution in [2.75, 3.05) is 6.54 Å². The summed E-state index contributed by atoms with van der Waals surface area (Å²) in [6.07, 6.45) is 0.725. The number of hydrogen-bond acceptors (Lipinski definition) is 5. The van der Waals surface area contributed by atoms with Crippen molar-refractivity contribution in [2.24, 2.45) is 0 Å². The molecule has 0 radical (unpaired) electrons. The predicted octanol–water partition coefficient (Wildman–Crippen LogP) is 4.54. The molecule has 2 atom stereocenters. The van der Waals surface area contributed by atoms with E-state index in [9.17, 15) is 22.8 Å². The van der Waals surface area contributed by atoms with Gasteiger partial charge in [-0.25, -0.2) is 12.7 Å². The van der Waals surface area contributed by atoms with Gasteiger partial charge in [0.05, 0.1) is 5.56 Å². The summed E-state index contributed by atoms with van der Waals surface area (Å²) in [6, 6.07) is 21.9. The van der Waals surface area contributed by atoms with Gasteiger partial charge in [-0.15, -0.1) is 0 Å². The maximum Gasteiger partial charge on any atom is 0.269 e. The molecule has 4 rings (SSSR count). The second-order valence-corrected chi connectivity index (χ2v) is 12.5. The van der Waals surface area contributed by atoms with Gasteiger partial charge in [0.2, 0.25) is 11.8 Å². The van der Waals surface area contributed by atoms with Gasteiger partial charge >= 0.3 is 0 Å². The van der Waals surface area contributed by atoms with Gasteiger partial charge in [0.1, 0.15) is 10.9 Å². The SMILES string of the molecule is CC[C@H](C)NC(=O)[C@H](Cc1ccccc1)N(Cc1cccc(Br)c1)C(=O)CCN1C(=O)c2ccccc2S1(=O)=O. The Morgan fingerprint density at radius 2 is 1.65 bits per heavy atom. The number of halogens is 1. The maximum atomic E-state index is 13.9. The molecule has 0 spiro atoms. The summed E-state index contributed by atoms with van der Waals surface area (Å²) >= 11 is 3.47. The summed E-state index contributed by atoms with van der Waals surface area (Å²) in [6.45, 7) is 3.67. The summed E-state index contributed by atoms with van der Waals surface area (Å²) < 4.78 is 27.7. The van der Waals surface area contributed by atoms with Crippen LogP contribution < -0.4 is 5.32 Å². The van der Waals surface area contributed by atoms with Crippen LogP contribution in [0.15, 0.2) is 88.2 Å². The zero-order valence-corrected chi connectivity index (χ0v) is 24.8. The molecule has 3 aromatic rings. The van der Waals surface area contributed by atoms with Crippen molar-refractivity contribution in [1.82, 2.24) is 14.5 Å². The highest BCUT2D eigenvalue weighted by molar-refractivity contribution is 9.10. The molecular weight excluding hydrogens is 594 g/mol. The molecule has 3 amide bonds. The second kappa shape index (κ2) is 12.8. The van der Waals surface area contributed by atoms with Crippen molar-refractivity contribution < 1.29 is 22.8 Å². The monoisotopic (exact) mass is 625 g/mol. The normalized spacial score (nSPS) is 15.3. The van der Waals surface area contributed by atoms with Gasteiger partial charge in [-0.3, -0.25) is 14.4 Å². The minimum atomic E-state index is -4.06.